The van der Waals surface area contributed by atoms with E-state index in [-0.39, 0.29) is 10.6 Å². The van der Waals surface area contributed by atoms with Gasteiger partial charge in [0, 0.05) is 0 Å². The molecule has 0 amide bonds. The van der Waals surface area contributed by atoms with Crippen molar-refractivity contribution in [1.82, 2.24) is 0 Å². The molecule has 0 fully saturated rings. The zero-order valence-corrected chi connectivity index (χ0v) is 13.2. The highest BCUT2D eigenvalue weighted by molar-refractivity contribution is 9.09. The van der Waals surface area contributed by atoms with Crippen LogP contribution in [-0.2, 0) is 0 Å². The Kier molecular flexibility index (Phi) is 5.17. The molecule has 112 valence electrons. The summed E-state index contributed by atoms with van der Waals surface area (Å²) in [5.41, 5.74) is 3.15. The summed E-state index contributed by atoms with van der Waals surface area (Å²) in [5, 5.41) is 0. The first-order valence-corrected chi connectivity index (χ1v) is 7.26. The smallest absolute Gasteiger partial charge is 0.387 e. The molecule has 0 radical (unpaired) electrons. The first-order chi connectivity index (χ1) is 10.0. The van der Waals surface area contributed by atoms with E-state index >= 15 is 0 Å². The number of ether oxygens (including phenoxy) is 2. The number of hydrogen-bond acceptors (Lipinski definition) is 2. The lowest BCUT2D eigenvalue weighted by atomic mass is 10.00. The summed E-state index contributed by atoms with van der Waals surface area (Å²) in [5.74, 6) is 0.955. The summed E-state index contributed by atoms with van der Waals surface area (Å²) in [6.07, 6.45) is 0. The van der Waals surface area contributed by atoms with Gasteiger partial charge in [-0.15, -0.1) is 0 Å². The molecule has 0 N–H and O–H groups in total. The summed E-state index contributed by atoms with van der Waals surface area (Å²) >= 11 is 3.64. The van der Waals surface area contributed by atoms with Gasteiger partial charge in [-0.2, -0.15) is 8.78 Å². The lowest BCUT2D eigenvalue weighted by molar-refractivity contribution is -0.0498. The molecule has 2 aromatic rings. The molecule has 0 aliphatic carbocycles. The van der Waals surface area contributed by atoms with Gasteiger partial charge in [-0.25, -0.2) is 0 Å². The number of hydrogen-bond donors (Lipinski definition) is 0. The van der Waals surface area contributed by atoms with Crippen molar-refractivity contribution in [2.45, 2.75) is 18.4 Å². The Hall–Kier alpha value is -1.62. The third-order valence-corrected chi connectivity index (χ3v) is 4.17. The van der Waals surface area contributed by atoms with Gasteiger partial charge in [-0.3, -0.25) is 0 Å². The molecule has 2 nitrogen and oxygen atoms in total. The average molecular weight is 357 g/mol. The van der Waals surface area contributed by atoms with Crippen LogP contribution in [0.5, 0.6) is 11.5 Å². The SMILES string of the molecule is COc1ccc(C(Br)c2ccc(OC(F)F)cc2)c(C)c1. The predicted molar refractivity (Wildman–Crippen MR) is 81.6 cm³/mol. The molecule has 0 aliphatic rings. The molecule has 5 heteroatoms. The minimum Gasteiger partial charge on any atom is -0.497 e. The summed E-state index contributed by atoms with van der Waals surface area (Å²) in [4.78, 5) is -0.0241. The molecule has 0 aromatic heterocycles. The van der Waals surface area contributed by atoms with Crippen molar-refractivity contribution in [3.63, 3.8) is 0 Å². The minimum absolute atomic E-state index is 0.0241. The molecule has 0 heterocycles. The van der Waals surface area contributed by atoms with Crippen molar-refractivity contribution in [3.05, 3.63) is 59.2 Å². The van der Waals surface area contributed by atoms with E-state index in [1.165, 1.54) is 12.1 Å². The van der Waals surface area contributed by atoms with E-state index in [1.807, 2.05) is 25.1 Å². The quantitative estimate of drug-likeness (QED) is 0.694. The van der Waals surface area contributed by atoms with Gasteiger partial charge in [0.1, 0.15) is 11.5 Å². The molecule has 1 unspecified atom stereocenters. The molecule has 0 saturated carbocycles. The van der Waals surface area contributed by atoms with Gasteiger partial charge in [-0.05, 0) is 47.9 Å². The zero-order valence-electron chi connectivity index (χ0n) is 11.6. The van der Waals surface area contributed by atoms with Gasteiger partial charge >= 0.3 is 6.61 Å². The fourth-order valence-electron chi connectivity index (χ4n) is 2.06. The van der Waals surface area contributed by atoms with Gasteiger partial charge in [0.05, 0.1) is 11.9 Å². The predicted octanol–water partition coefficient (Wildman–Crippen LogP) is 5.09. The maximum absolute atomic E-state index is 12.1. The van der Waals surface area contributed by atoms with Crippen LogP contribution in [0.15, 0.2) is 42.5 Å². The second kappa shape index (κ2) is 6.89. The van der Waals surface area contributed by atoms with Crippen LogP contribution in [0.25, 0.3) is 0 Å². The van der Waals surface area contributed by atoms with Gasteiger partial charge in [0.25, 0.3) is 0 Å². The average Bonchev–Trinajstić information content (AvgIpc) is 2.46. The Balaban J connectivity index is 2.21. The van der Waals surface area contributed by atoms with Crippen LogP contribution in [-0.4, -0.2) is 13.7 Å². The molecular weight excluding hydrogens is 342 g/mol. The van der Waals surface area contributed by atoms with Gasteiger partial charge in [0.15, 0.2) is 0 Å². The van der Waals surface area contributed by atoms with Crippen LogP contribution in [0, 0.1) is 6.92 Å². The Bertz CT molecular complexity index is 600. The standard InChI is InChI=1S/C16H15BrF2O2/c1-10-9-13(20-2)7-8-14(10)15(17)11-3-5-12(6-4-11)21-16(18)19/h3-9,15-16H,1-2H3. The maximum Gasteiger partial charge on any atom is 0.387 e. The van der Waals surface area contributed by atoms with E-state index in [2.05, 4.69) is 20.7 Å². The molecule has 2 aromatic carbocycles. The normalized spacial score (nSPS) is 12.3. The van der Waals surface area contributed by atoms with Crippen molar-refractivity contribution in [2.24, 2.45) is 0 Å². The van der Waals surface area contributed by atoms with Crippen molar-refractivity contribution in [1.29, 1.82) is 0 Å². The van der Waals surface area contributed by atoms with Crippen LogP contribution in [0.1, 0.15) is 21.5 Å². The Morgan fingerprint density at radius 2 is 1.62 bits per heavy atom. The number of alkyl halides is 3. The molecule has 0 bridgehead atoms. The first kappa shape index (κ1) is 15.8. The Morgan fingerprint density at radius 3 is 2.14 bits per heavy atom. The second-order valence-corrected chi connectivity index (χ2v) is 5.45. The lowest BCUT2D eigenvalue weighted by Crippen LogP contribution is -2.02. The van der Waals surface area contributed by atoms with Gasteiger partial charge in [-0.1, -0.05) is 34.1 Å². The fourth-order valence-corrected chi connectivity index (χ4v) is 2.88. The highest BCUT2D eigenvalue weighted by Gasteiger charge is 2.14. The first-order valence-electron chi connectivity index (χ1n) is 6.34. The third-order valence-electron chi connectivity index (χ3n) is 3.15. The molecular formula is C16H15BrF2O2. The fraction of sp³-hybridized carbons (Fsp3) is 0.250. The van der Waals surface area contributed by atoms with E-state index < -0.39 is 6.61 Å². The van der Waals surface area contributed by atoms with E-state index in [9.17, 15) is 8.78 Å². The van der Waals surface area contributed by atoms with Crippen molar-refractivity contribution >= 4 is 15.9 Å². The second-order valence-electron chi connectivity index (χ2n) is 4.53. The Morgan fingerprint density at radius 1 is 1.00 bits per heavy atom. The van der Waals surface area contributed by atoms with Crippen molar-refractivity contribution < 1.29 is 18.3 Å². The number of rotatable bonds is 5. The van der Waals surface area contributed by atoms with E-state index in [0.29, 0.717) is 0 Å². The number of methoxy groups -OCH3 is 1. The van der Waals surface area contributed by atoms with Crippen LogP contribution in [0.4, 0.5) is 8.78 Å². The van der Waals surface area contributed by atoms with Crippen LogP contribution >= 0.6 is 15.9 Å². The Labute approximate surface area is 130 Å². The number of aryl methyl sites for hydroxylation is 1. The van der Waals surface area contributed by atoms with E-state index in [0.717, 1.165) is 22.4 Å². The molecule has 2 rings (SSSR count). The summed E-state index contributed by atoms with van der Waals surface area (Å²) < 4.78 is 33.8. The third kappa shape index (κ3) is 3.94. The largest absolute Gasteiger partial charge is 0.497 e. The molecule has 21 heavy (non-hydrogen) atoms. The van der Waals surface area contributed by atoms with Crippen LogP contribution < -0.4 is 9.47 Å². The lowest BCUT2D eigenvalue weighted by Gasteiger charge is -2.15. The topological polar surface area (TPSA) is 18.5 Å². The summed E-state index contributed by atoms with van der Waals surface area (Å²) in [6, 6.07) is 12.4. The van der Waals surface area contributed by atoms with Gasteiger partial charge in [0.2, 0.25) is 0 Å². The highest BCUT2D eigenvalue weighted by atomic mass is 79.9. The number of benzene rings is 2. The minimum atomic E-state index is -2.81. The number of halogens is 3. The van der Waals surface area contributed by atoms with Crippen molar-refractivity contribution in [3.8, 4) is 11.5 Å². The van der Waals surface area contributed by atoms with Crippen LogP contribution in [0.2, 0.25) is 0 Å². The monoisotopic (exact) mass is 356 g/mol. The van der Waals surface area contributed by atoms with Gasteiger partial charge < -0.3 is 9.47 Å². The summed E-state index contributed by atoms with van der Waals surface area (Å²) in [7, 11) is 1.63. The molecule has 1 atom stereocenters. The van der Waals surface area contributed by atoms with E-state index in [4.69, 9.17) is 4.74 Å². The molecule has 0 spiro atoms. The zero-order chi connectivity index (χ0) is 15.4. The maximum atomic E-state index is 12.1. The van der Waals surface area contributed by atoms with E-state index in [1.54, 1.807) is 19.2 Å². The molecule has 0 aliphatic heterocycles. The van der Waals surface area contributed by atoms with Crippen molar-refractivity contribution in [2.75, 3.05) is 7.11 Å². The molecule has 0 saturated heterocycles. The van der Waals surface area contributed by atoms with Crippen LogP contribution in [0.3, 0.4) is 0 Å². The summed E-state index contributed by atoms with van der Waals surface area (Å²) in [6.45, 7) is -0.806. The highest BCUT2D eigenvalue weighted by Crippen LogP contribution is 2.35.